The number of nitrogens with zero attached hydrogens (tertiary/aromatic N) is 6. The Bertz CT molecular complexity index is 665. The highest BCUT2D eigenvalue weighted by atomic mass is 32.1. The predicted molar refractivity (Wildman–Crippen MR) is 83.0 cm³/mol. The van der Waals surface area contributed by atoms with Gasteiger partial charge in [0.2, 0.25) is 11.0 Å². The zero-order chi connectivity index (χ0) is 15.7. The highest BCUT2D eigenvalue weighted by Crippen LogP contribution is 2.30. The number of piperidine rings is 1. The fraction of sp³-hybridized carbons (Fsp3) is 0.615. The number of anilines is 1. The minimum atomic E-state index is -0.600. The second-order valence-electron chi connectivity index (χ2n) is 5.73. The Kier molecular flexibility index (Phi) is 4.06. The minimum absolute atomic E-state index is 0.0649. The number of carbonyl (C=O) groups is 1. The molecular weight excluding hydrogens is 302 g/mol. The summed E-state index contributed by atoms with van der Waals surface area (Å²) in [5, 5.41) is 14.7. The Morgan fingerprint density at radius 3 is 2.91 bits per heavy atom. The van der Waals surface area contributed by atoms with E-state index in [1.54, 1.807) is 22.3 Å². The van der Waals surface area contributed by atoms with E-state index in [-0.39, 0.29) is 11.9 Å². The number of hydrogen-bond acceptors (Lipinski definition) is 7. The van der Waals surface area contributed by atoms with Crippen LogP contribution in [0.2, 0.25) is 0 Å². The number of aromatic nitrogens is 5. The molecule has 1 atom stereocenters. The van der Waals surface area contributed by atoms with Crippen molar-refractivity contribution in [1.29, 1.82) is 0 Å². The lowest BCUT2D eigenvalue weighted by Crippen LogP contribution is -2.36. The van der Waals surface area contributed by atoms with Crippen molar-refractivity contribution >= 4 is 22.4 Å². The van der Waals surface area contributed by atoms with Crippen molar-refractivity contribution in [1.82, 2.24) is 25.0 Å². The van der Waals surface area contributed by atoms with Crippen molar-refractivity contribution < 1.29 is 4.79 Å². The molecule has 3 rings (SSSR count). The maximum absolute atomic E-state index is 11.1. The van der Waals surface area contributed by atoms with Gasteiger partial charge in [0.25, 0.3) is 5.91 Å². The summed E-state index contributed by atoms with van der Waals surface area (Å²) in [4.78, 5) is 17.3. The molecule has 1 fully saturated rings. The van der Waals surface area contributed by atoms with Gasteiger partial charge in [-0.25, -0.2) is 9.67 Å². The number of rotatable bonds is 4. The quantitative estimate of drug-likeness (QED) is 0.907. The van der Waals surface area contributed by atoms with Crippen molar-refractivity contribution in [2.75, 3.05) is 18.0 Å². The second-order valence-corrected chi connectivity index (χ2v) is 6.72. The van der Waals surface area contributed by atoms with E-state index in [2.05, 4.69) is 39.0 Å². The molecule has 2 N–H and O–H groups in total. The predicted octanol–water partition coefficient (Wildman–Crippen LogP) is 1.19. The van der Waals surface area contributed by atoms with Crippen LogP contribution in [0, 0.1) is 0 Å². The van der Waals surface area contributed by atoms with Gasteiger partial charge in [0.05, 0.1) is 6.04 Å². The molecule has 0 radical (unpaired) electrons. The SMILES string of the molecule is CC(C)c1nnc(N2CCCC(n3cnc(C(N)=O)n3)C2)s1. The number of primary amides is 1. The second kappa shape index (κ2) is 5.99. The summed E-state index contributed by atoms with van der Waals surface area (Å²) in [6.45, 7) is 5.98. The van der Waals surface area contributed by atoms with E-state index in [0.717, 1.165) is 36.1 Å². The molecule has 8 nitrogen and oxygen atoms in total. The van der Waals surface area contributed by atoms with Crippen LogP contribution in [0.3, 0.4) is 0 Å². The van der Waals surface area contributed by atoms with Gasteiger partial charge in [-0.05, 0) is 12.8 Å². The maximum Gasteiger partial charge on any atom is 0.288 e. The first kappa shape index (κ1) is 14.9. The molecule has 0 aliphatic carbocycles. The van der Waals surface area contributed by atoms with Gasteiger partial charge >= 0.3 is 0 Å². The lowest BCUT2D eigenvalue weighted by molar-refractivity contribution is 0.0990. The molecule has 2 aromatic heterocycles. The molecule has 0 spiro atoms. The minimum Gasteiger partial charge on any atom is -0.363 e. The third-order valence-electron chi connectivity index (χ3n) is 3.69. The topological polar surface area (TPSA) is 103 Å². The monoisotopic (exact) mass is 321 g/mol. The lowest BCUT2D eigenvalue weighted by atomic mass is 10.1. The van der Waals surface area contributed by atoms with E-state index in [4.69, 9.17) is 5.73 Å². The molecule has 118 valence electrons. The van der Waals surface area contributed by atoms with Crippen LogP contribution in [-0.2, 0) is 0 Å². The van der Waals surface area contributed by atoms with Crippen molar-refractivity contribution in [3.8, 4) is 0 Å². The third kappa shape index (κ3) is 2.94. The number of nitrogens with two attached hydrogens (primary N) is 1. The first-order chi connectivity index (χ1) is 10.5. The van der Waals surface area contributed by atoms with Gasteiger partial charge in [0.1, 0.15) is 11.3 Å². The highest BCUT2D eigenvalue weighted by Gasteiger charge is 2.25. The van der Waals surface area contributed by atoms with Gasteiger partial charge in [-0.1, -0.05) is 25.2 Å². The van der Waals surface area contributed by atoms with Crippen LogP contribution in [0.25, 0.3) is 0 Å². The van der Waals surface area contributed by atoms with E-state index in [0.29, 0.717) is 5.92 Å². The number of carbonyl (C=O) groups excluding carboxylic acids is 1. The van der Waals surface area contributed by atoms with Crippen LogP contribution in [0.1, 0.15) is 54.3 Å². The molecule has 1 aliphatic rings. The molecule has 0 bridgehead atoms. The van der Waals surface area contributed by atoms with Gasteiger partial charge in [0, 0.05) is 19.0 Å². The van der Waals surface area contributed by atoms with Crippen molar-refractivity contribution in [3.63, 3.8) is 0 Å². The fourth-order valence-corrected chi connectivity index (χ4v) is 3.38. The van der Waals surface area contributed by atoms with E-state index in [1.807, 2.05) is 0 Å². The molecule has 9 heteroatoms. The molecule has 1 aliphatic heterocycles. The van der Waals surface area contributed by atoms with E-state index < -0.39 is 5.91 Å². The number of amides is 1. The van der Waals surface area contributed by atoms with Gasteiger partial charge < -0.3 is 10.6 Å². The van der Waals surface area contributed by atoms with Gasteiger partial charge in [-0.3, -0.25) is 4.79 Å². The standard InChI is InChI=1S/C13H19N7OS/c1-8(2)12-16-17-13(22-12)19-5-3-4-9(6-19)20-7-15-11(18-20)10(14)21/h7-9H,3-6H2,1-2H3,(H2,14,21). The van der Waals surface area contributed by atoms with Crippen LogP contribution in [0.5, 0.6) is 0 Å². The Balaban J connectivity index is 1.74. The molecule has 0 saturated carbocycles. The lowest BCUT2D eigenvalue weighted by Gasteiger charge is -2.31. The molecule has 22 heavy (non-hydrogen) atoms. The summed E-state index contributed by atoms with van der Waals surface area (Å²) in [6, 6.07) is 0.167. The summed E-state index contributed by atoms with van der Waals surface area (Å²) >= 11 is 1.64. The summed E-state index contributed by atoms with van der Waals surface area (Å²) < 4.78 is 1.73. The van der Waals surface area contributed by atoms with Gasteiger partial charge in [-0.15, -0.1) is 15.3 Å². The first-order valence-corrected chi connectivity index (χ1v) is 8.15. The zero-order valence-corrected chi connectivity index (χ0v) is 13.5. The Morgan fingerprint density at radius 1 is 1.45 bits per heavy atom. The Morgan fingerprint density at radius 2 is 2.27 bits per heavy atom. The molecule has 1 unspecified atom stereocenters. The fourth-order valence-electron chi connectivity index (χ4n) is 2.50. The van der Waals surface area contributed by atoms with Crippen LogP contribution >= 0.6 is 11.3 Å². The normalized spacial score (nSPS) is 18.9. The molecule has 1 saturated heterocycles. The summed E-state index contributed by atoms with van der Waals surface area (Å²) in [7, 11) is 0. The van der Waals surface area contributed by atoms with E-state index in [1.165, 1.54) is 0 Å². The third-order valence-corrected chi connectivity index (χ3v) is 4.98. The van der Waals surface area contributed by atoms with Crippen LogP contribution in [0.15, 0.2) is 6.33 Å². The number of hydrogen-bond donors (Lipinski definition) is 1. The summed E-state index contributed by atoms with van der Waals surface area (Å²) in [6.07, 6.45) is 3.61. The largest absolute Gasteiger partial charge is 0.363 e. The van der Waals surface area contributed by atoms with Crippen LogP contribution in [0.4, 0.5) is 5.13 Å². The Labute approximate surface area is 132 Å². The van der Waals surface area contributed by atoms with Crippen molar-refractivity contribution in [3.05, 3.63) is 17.2 Å². The van der Waals surface area contributed by atoms with Crippen LogP contribution in [-0.4, -0.2) is 44.0 Å². The molecule has 1 amide bonds. The maximum atomic E-state index is 11.1. The molecule has 0 aromatic carbocycles. The first-order valence-electron chi connectivity index (χ1n) is 7.34. The van der Waals surface area contributed by atoms with Crippen molar-refractivity contribution in [2.24, 2.45) is 5.73 Å². The van der Waals surface area contributed by atoms with E-state index in [9.17, 15) is 4.79 Å². The molecular formula is C13H19N7OS. The average Bonchev–Trinajstić information content (AvgIpc) is 3.17. The smallest absolute Gasteiger partial charge is 0.288 e. The summed E-state index contributed by atoms with van der Waals surface area (Å²) in [5.74, 6) is -0.146. The highest BCUT2D eigenvalue weighted by molar-refractivity contribution is 7.15. The summed E-state index contributed by atoms with van der Waals surface area (Å²) in [5.41, 5.74) is 5.20. The van der Waals surface area contributed by atoms with Gasteiger partial charge in [0.15, 0.2) is 0 Å². The van der Waals surface area contributed by atoms with E-state index >= 15 is 0 Å². The van der Waals surface area contributed by atoms with Crippen molar-refractivity contribution in [2.45, 2.75) is 38.6 Å². The average molecular weight is 321 g/mol. The van der Waals surface area contributed by atoms with Crippen LogP contribution < -0.4 is 10.6 Å². The molecule has 2 aromatic rings. The van der Waals surface area contributed by atoms with Gasteiger partial charge in [-0.2, -0.15) is 0 Å². The Hall–Kier alpha value is -2.03. The molecule has 3 heterocycles. The zero-order valence-electron chi connectivity index (χ0n) is 12.6.